The second-order valence-electron chi connectivity index (χ2n) is 5.70. The van der Waals surface area contributed by atoms with E-state index in [1.807, 2.05) is 30.3 Å². The van der Waals surface area contributed by atoms with Gasteiger partial charge in [0.2, 0.25) is 0 Å². The van der Waals surface area contributed by atoms with Gasteiger partial charge in [0.05, 0.1) is 17.8 Å². The highest BCUT2D eigenvalue weighted by Gasteiger charge is 2.27. The van der Waals surface area contributed by atoms with Crippen LogP contribution in [-0.2, 0) is 0 Å². The molecule has 6 nitrogen and oxygen atoms in total. The summed E-state index contributed by atoms with van der Waals surface area (Å²) >= 11 is 0. The van der Waals surface area contributed by atoms with Crippen LogP contribution in [0.25, 0.3) is 0 Å². The smallest absolute Gasteiger partial charge is 0.255 e. The molecule has 1 aliphatic rings. The monoisotopic (exact) mass is 322 g/mol. The first-order valence-corrected chi connectivity index (χ1v) is 7.81. The van der Waals surface area contributed by atoms with E-state index in [0.717, 1.165) is 5.56 Å². The molecule has 3 rings (SSSR count). The van der Waals surface area contributed by atoms with Crippen LogP contribution in [0.4, 0.5) is 0 Å². The van der Waals surface area contributed by atoms with Gasteiger partial charge in [0.1, 0.15) is 11.8 Å². The van der Waals surface area contributed by atoms with E-state index in [1.54, 1.807) is 4.90 Å². The van der Waals surface area contributed by atoms with Crippen molar-refractivity contribution in [2.24, 2.45) is 0 Å². The number of carbonyl (C=O) groups is 1. The molecular weight excluding hydrogens is 304 g/mol. The summed E-state index contributed by atoms with van der Waals surface area (Å²) in [5.41, 5.74) is 1.35. The Bertz CT molecular complexity index is 749. The number of carbonyl (C=O) groups excluding carboxylic acids is 1. The zero-order valence-electron chi connectivity index (χ0n) is 13.2. The van der Waals surface area contributed by atoms with Crippen molar-refractivity contribution in [3.8, 4) is 11.8 Å². The fourth-order valence-electron chi connectivity index (χ4n) is 2.91. The first kappa shape index (κ1) is 16.0. The Kier molecular flexibility index (Phi) is 4.73. The van der Waals surface area contributed by atoms with Crippen molar-refractivity contribution in [2.45, 2.75) is 6.04 Å². The van der Waals surface area contributed by atoms with Crippen molar-refractivity contribution < 1.29 is 9.90 Å². The molecule has 24 heavy (non-hydrogen) atoms. The molecular formula is C18H18N4O2. The molecule has 6 heteroatoms. The Hall–Kier alpha value is -2.91. The maximum Gasteiger partial charge on any atom is 0.255 e. The van der Waals surface area contributed by atoms with Crippen LogP contribution in [-0.4, -0.2) is 52.0 Å². The molecule has 1 aromatic carbocycles. The van der Waals surface area contributed by atoms with Crippen LogP contribution >= 0.6 is 0 Å². The van der Waals surface area contributed by atoms with Crippen LogP contribution in [0.3, 0.4) is 0 Å². The van der Waals surface area contributed by atoms with Crippen molar-refractivity contribution in [1.29, 1.82) is 5.26 Å². The van der Waals surface area contributed by atoms with E-state index in [0.29, 0.717) is 31.7 Å². The summed E-state index contributed by atoms with van der Waals surface area (Å²) in [6, 6.07) is 13.1. The molecule has 122 valence electrons. The average molecular weight is 322 g/mol. The van der Waals surface area contributed by atoms with Crippen LogP contribution in [0.2, 0.25) is 0 Å². The van der Waals surface area contributed by atoms with E-state index in [4.69, 9.17) is 0 Å². The second kappa shape index (κ2) is 7.11. The summed E-state index contributed by atoms with van der Waals surface area (Å²) in [4.78, 5) is 20.1. The van der Waals surface area contributed by atoms with Gasteiger partial charge in [-0.2, -0.15) is 5.26 Å². The summed E-state index contributed by atoms with van der Waals surface area (Å²) in [5, 5.41) is 19.0. The highest BCUT2D eigenvalue weighted by Crippen LogP contribution is 2.22. The molecule has 0 spiro atoms. The number of aromatic hydroxyl groups is 1. The maximum atomic E-state index is 12.5. The average Bonchev–Trinajstić information content (AvgIpc) is 2.63. The van der Waals surface area contributed by atoms with E-state index in [2.05, 4.69) is 16.0 Å². The quantitative estimate of drug-likeness (QED) is 0.932. The topological polar surface area (TPSA) is 80.5 Å². The lowest BCUT2D eigenvalue weighted by atomic mass is 10.1. The molecule has 1 unspecified atom stereocenters. The number of pyridine rings is 1. The Labute approximate surface area is 140 Å². The number of nitrogens with zero attached hydrogens (tertiary/aromatic N) is 4. The van der Waals surface area contributed by atoms with E-state index in [9.17, 15) is 15.2 Å². The minimum absolute atomic E-state index is 0.0203. The zero-order chi connectivity index (χ0) is 16.9. The van der Waals surface area contributed by atoms with Crippen molar-refractivity contribution in [1.82, 2.24) is 14.8 Å². The van der Waals surface area contributed by atoms with Gasteiger partial charge in [-0.05, 0) is 11.6 Å². The van der Waals surface area contributed by atoms with E-state index in [-0.39, 0.29) is 17.7 Å². The molecule has 0 saturated carbocycles. The highest BCUT2D eigenvalue weighted by molar-refractivity contribution is 5.94. The molecule has 0 bridgehead atoms. The molecule has 2 heterocycles. The number of amides is 1. The van der Waals surface area contributed by atoms with Crippen LogP contribution in [0.1, 0.15) is 22.0 Å². The third kappa shape index (κ3) is 3.36. The Morgan fingerprint density at radius 2 is 1.88 bits per heavy atom. The number of benzene rings is 1. The Balaban J connectivity index is 1.65. The van der Waals surface area contributed by atoms with Crippen molar-refractivity contribution >= 4 is 5.91 Å². The number of piperazine rings is 1. The van der Waals surface area contributed by atoms with Gasteiger partial charge in [0.25, 0.3) is 5.91 Å². The third-order valence-electron chi connectivity index (χ3n) is 4.17. The normalized spacial score (nSPS) is 16.4. The van der Waals surface area contributed by atoms with Crippen LogP contribution in [0, 0.1) is 11.3 Å². The third-order valence-corrected chi connectivity index (χ3v) is 4.17. The minimum Gasteiger partial charge on any atom is -0.506 e. The molecule has 1 aliphatic heterocycles. The van der Waals surface area contributed by atoms with Crippen LogP contribution < -0.4 is 0 Å². The van der Waals surface area contributed by atoms with Crippen molar-refractivity contribution in [3.63, 3.8) is 0 Å². The van der Waals surface area contributed by atoms with Crippen LogP contribution in [0.5, 0.6) is 5.75 Å². The number of hydrogen-bond acceptors (Lipinski definition) is 5. The molecule has 1 aromatic heterocycles. The highest BCUT2D eigenvalue weighted by atomic mass is 16.3. The lowest BCUT2D eigenvalue weighted by Crippen LogP contribution is -2.49. The summed E-state index contributed by atoms with van der Waals surface area (Å²) in [5.74, 6) is -0.167. The van der Waals surface area contributed by atoms with E-state index < -0.39 is 0 Å². The summed E-state index contributed by atoms with van der Waals surface area (Å²) in [6.07, 6.45) is 2.75. The number of nitriles is 1. The van der Waals surface area contributed by atoms with Gasteiger partial charge in [-0.15, -0.1) is 0 Å². The minimum atomic E-state index is -0.300. The predicted octanol–water partition coefficient (Wildman–Crippen LogP) is 1.81. The van der Waals surface area contributed by atoms with Gasteiger partial charge in [-0.1, -0.05) is 30.3 Å². The molecule has 1 saturated heterocycles. The molecule has 1 atom stereocenters. The standard InChI is InChI=1S/C18H18N4O2/c19-11-17(14-4-2-1-3-5-14)21-6-8-22(9-7-21)18(24)15-10-16(23)13-20-12-15/h1-5,10,12-13,17,23H,6-9H2. The number of aromatic nitrogens is 1. The van der Waals surface area contributed by atoms with E-state index >= 15 is 0 Å². The number of rotatable bonds is 3. The lowest BCUT2D eigenvalue weighted by Gasteiger charge is -2.37. The molecule has 0 aliphatic carbocycles. The first-order valence-electron chi connectivity index (χ1n) is 7.81. The lowest BCUT2D eigenvalue weighted by molar-refractivity contribution is 0.0605. The molecule has 1 amide bonds. The van der Waals surface area contributed by atoms with Crippen molar-refractivity contribution in [2.75, 3.05) is 26.2 Å². The van der Waals surface area contributed by atoms with Gasteiger partial charge in [0.15, 0.2) is 0 Å². The fraction of sp³-hybridized carbons (Fsp3) is 0.278. The number of hydrogen-bond donors (Lipinski definition) is 1. The maximum absolute atomic E-state index is 12.5. The Morgan fingerprint density at radius 1 is 1.17 bits per heavy atom. The summed E-state index contributed by atoms with van der Waals surface area (Å²) in [6.45, 7) is 2.34. The van der Waals surface area contributed by atoms with Gasteiger partial charge in [-0.3, -0.25) is 14.7 Å². The van der Waals surface area contributed by atoms with E-state index in [1.165, 1.54) is 18.5 Å². The molecule has 1 N–H and O–H groups in total. The Morgan fingerprint density at radius 3 is 2.50 bits per heavy atom. The van der Waals surface area contributed by atoms with Gasteiger partial charge < -0.3 is 10.0 Å². The fourth-order valence-corrected chi connectivity index (χ4v) is 2.91. The van der Waals surface area contributed by atoms with Crippen LogP contribution in [0.15, 0.2) is 48.8 Å². The molecule has 2 aromatic rings. The molecule has 0 radical (unpaired) electrons. The SMILES string of the molecule is N#CC(c1ccccc1)N1CCN(C(=O)c2cncc(O)c2)CC1. The van der Waals surface area contributed by atoms with Crippen molar-refractivity contribution in [3.05, 3.63) is 59.9 Å². The first-order chi connectivity index (χ1) is 11.7. The second-order valence-corrected chi connectivity index (χ2v) is 5.70. The predicted molar refractivity (Wildman–Crippen MR) is 88.2 cm³/mol. The summed E-state index contributed by atoms with van der Waals surface area (Å²) < 4.78 is 0. The summed E-state index contributed by atoms with van der Waals surface area (Å²) in [7, 11) is 0. The van der Waals surface area contributed by atoms with Gasteiger partial charge in [0, 0.05) is 32.4 Å². The molecule has 1 fully saturated rings. The zero-order valence-corrected chi connectivity index (χ0v) is 13.2. The van der Waals surface area contributed by atoms with Gasteiger partial charge >= 0.3 is 0 Å². The largest absolute Gasteiger partial charge is 0.506 e. The van der Waals surface area contributed by atoms with Gasteiger partial charge in [-0.25, -0.2) is 0 Å².